The van der Waals surface area contributed by atoms with E-state index < -0.39 is 0 Å². The van der Waals surface area contributed by atoms with Gasteiger partial charge in [-0.3, -0.25) is 4.79 Å². The van der Waals surface area contributed by atoms with Gasteiger partial charge < -0.3 is 5.32 Å². The SMILES string of the molecule is Cc1ccc(CNC(=O)c2nc(C)ns2)cc1. The summed E-state index contributed by atoms with van der Waals surface area (Å²) in [6, 6.07) is 8.05. The Hall–Kier alpha value is -1.75. The Morgan fingerprint density at radius 2 is 2.00 bits per heavy atom. The highest BCUT2D eigenvalue weighted by atomic mass is 32.1. The fraction of sp³-hybridized carbons (Fsp3) is 0.250. The maximum absolute atomic E-state index is 11.7. The van der Waals surface area contributed by atoms with Crippen molar-refractivity contribution in [3.05, 3.63) is 46.2 Å². The molecule has 0 unspecified atom stereocenters. The van der Waals surface area contributed by atoms with Crippen LogP contribution in [0.25, 0.3) is 0 Å². The predicted molar refractivity (Wildman–Crippen MR) is 67.0 cm³/mol. The van der Waals surface area contributed by atoms with Gasteiger partial charge in [-0.25, -0.2) is 4.98 Å². The highest BCUT2D eigenvalue weighted by Crippen LogP contribution is 2.05. The number of rotatable bonds is 3. The van der Waals surface area contributed by atoms with E-state index in [9.17, 15) is 4.79 Å². The van der Waals surface area contributed by atoms with Crippen LogP contribution in [0.5, 0.6) is 0 Å². The highest BCUT2D eigenvalue weighted by Gasteiger charge is 2.10. The first-order valence-electron chi connectivity index (χ1n) is 5.29. The van der Waals surface area contributed by atoms with Gasteiger partial charge in [0.25, 0.3) is 5.91 Å². The number of nitrogens with one attached hydrogen (secondary N) is 1. The smallest absolute Gasteiger partial charge is 0.282 e. The van der Waals surface area contributed by atoms with E-state index in [0.29, 0.717) is 17.4 Å². The molecule has 1 amide bonds. The highest BCUT2D eigenvalue weighted by molar-refractivity contribution is 7.07. The van der Waals surface area contributed by atoms with E-state index in [0.717, 1.165) is 17.1 Å². The van der Waals surface area contributed by atoms with Crippen LogP contribution in [0.15, 0.2) is 24.3 Å². The van der Waals surface area contributed by atoms with Crippen molar-refractivity contribution in [3.8, 4) is 0 Å². The summed E-state index contributed by atoms with van der Waals surface area (Å²) in [5.41, 5.74) is 2.28. The second kappa shape index (κ2) is 5.05. The van der Waals surface area contributed by atoms with Crippen LogP contribution in [0.3, 0.4) is 0 Å². The first kappa shape index (κ1) is 11.7. The Morgan fingerprint density at radius 3 is 2.59 bits per heavy atom. The second-order valence-corrected chi connectivity index (χ2v) is 4.57. The van der Waals surface area contributed by atoms with E-state index in [1.807, 2.05) is 31.2 Å². The van der Waals surface area contributed by atoms with E-state index >= 15 is 0 Å². The number of carbonyl (C=O) groups excluding carboxylic acids is 1. The third-order valence-corrected chi connectivity index (χ3v) is 3.10. The number of nitrogens with zero attached hydrogens (tertiary/aromatic N) is 2. The first-order valence-corrected chi connectivity index (χ1v) is 6.06. The van der Waals surface area contributed by atoms with Crippen molar-refractivity contribution in [2.75, 3.05) is 0 Å². The Bertz CT molecular complexity index is 519. The fourth-order valence-electron chi connectivity index (χ4n) is 1.35. The van der Waals surface area contributed by atoms with Crippen molar-refractivity contribution in [1.29, 1.82) is 0 Å². The lowest BCUT2D eigenvalue weighted by Crippen LogP contribution is -2.22. The van der Waals surface area contributed by atoms with E-state index in [4.69, 9.17) is 0 Å². The van der Waals surface area contributed by atoms with Gasteiger partial charge in [-0.2, -0.15) is 4.37 Å². The number of aromatic nitrogens is 2. The molecule has 88 valence electrons. The van der Waals surface area contributed by atoms with Gasteiger partial charge in [-0.15, -0.1) is 0 Å². The zero-order valence-corrected chi connectivity index (χ0v) is 10.5. The molecule has 0 aliphatic rings. The summed E-state index contributed by atoms with van der Waals surface area (Å²) in [6.07, 6.45) is 0. The lowest BCUT2D eigenvalue weighted by Gasteiger charge is -2.03. The molecule has 0 saturated carbocycles. The molecule has 0 bridgehead atoms. The molecular formula is C12H13N3OS. The monoisotopic (exact) mass is 247 g/mol. The Labute approximate surface area is 104 Å². The summed E-state index contributed by atoms with van der Waals surface area (Å²) in [5.74, 6) is 0.465. The van der Waals surface area contributed by atoms with E-state index in [1.54, 1.807) is 6.92 Å². The second-order valence-electron chi connectivity index (χ2n) is 3.82. The van der Waals surface area contributed by atoms with Crippen LogP contribution in [0, 0.1) is 13.8 Å². The summed E-state index contributed by atoms with van der Waals surface area (Å²) < 4.78 is 3.97. The van der Waals surface area contributed by atoms with E-state index in [1.165, 1.54) is 5.56 Å². The minimum Gasteiger partial charge on any atom is -0.346 e. The van der Waals surface area contributed by atoms with Crippen LogP contribution in [0.1, 0.15) is 26.8 Å². The quantitative estimate of drug-likeness (QED) is 0.903. The molecule has 0 atom stereocenters. The molecule has 2 rings (SSSR count). The molecule has 1 aromatic carbocycles. The summed E-state index contributed by atoms with van der Waals surface area (Å²) >= 11 is 1.12. The maximum Gasteiger partial charge on any atom is 0.282 e. The van der Waals surface area contributed by atoms with Gasteiger partial charge in [0.2, 0.25) is 5.01 Å². The Morgan fingerprint density at radius 1 is 1.29 bits per heavy atom. The number of hydrogen-bond acceptors (Lipinski definition) is 4. The number of hydrogen-bond donors (Lipinski definition) is 1. The van der Waals surface area contributed by atoms with Crippen LogP contribution in [-0.2, 0) is 6.54 Å². The summed E-state index contributed by atoms with van der Waals surface area (Å²) in [6.45, 7) is 4.32. The third-order valence-electron chi connectivity index (χ3n) is 2.30. The molecule has 0 spiro atoms. The third kappa shape index (κ3) is 3.10. The molecule has 0 aliphatic heterocycles. The normalized spacial score (nSPS) is 10.2. The van der Waals surface area contributed by atoms with Crippen LogP contribution < -0.4 is 5.32 Å². The molecule has 0 radical (unpaired) electrons. The minimum atomic E-state index is -0.170. The van der Waals surface area contributed by atoms with E-state index in [-0.39, 0.29) is 5.91 Å². The standard InChI is InChI=1S/C12H13N3OS/c1-8-3-5-10(6-4-8)7-13-11(16)12-14-9(2)15-17-12/h3-6H,7H2,1-2H3,(H,13,16). The number of carbonyl (C=O) groups is 1. The Balaban J connectivity index is 1.94. The number of aryl methyl sites for hydroxylation is 2. The van der Waals surface area contributed by atoms with Crippen molar-refractivity contribution in [1.82, 2.24) is 14.7 Å². The van der Waals surface area contributed by atoms with Gasteiger partial charge >= 0.3 is 0 Å². The molecule has 17 heavy (non-hydrogen) atoms. The van der Waals surface area contributed by atoms with Crippen molar-refractivity contribution in [3.63, 3.8) is 0 Å². The van der Waals surface area contributed by atoms with Gasteiger partial charge in [0.05, 0.1) is 0 Å². The molecule has 0 fully saturated rings. The van der Waals surface area contributed by atoms with Gasteiger partial charge in [-0.1, -0.05) is 29.8 Å². The van der Waals surface area contributed by atoms with Crippen LogP contribution in [0.2, 0.25) is 0 Å². The molecule has 1 aromatic heterocycles. The Kier molecular flexibility index (Phi) is 3.49. The van der Waals surface area contributed by atoms with Gasteiger partial charge in [-0.05, 0) is 30.9 Å². The van der Waals surface area contributed by atoms with E-state index in [2.05, 4.69) is 14.7 Å². The average molecular weight is 247 g/mol. The summed E-state index contributed by atoms with van der Waals surface area (Å²) in [4.78, 5) is 15.7. The van der Waals surface area contributed by atoms with Gasteiger partial charge in [0.1, 0.15) is 5.82 Å². The molecule has 1 N–H and O–H groups in total. The summed E-state index contributed by atoms with van der Waals surface area (Å²) in [7, 11) is 0. The molecule has 0 aliphatic carbocycles. The zero-order chi connectivity index (χ0) is 12.3. The topological polar surface area (TPSA) is 54.9 Å². The number of benzene rings is 1. The predicted octanol–water partition coefficient (Wildman–Crippen LogP) is 2.08. The number of amides is 1. The molecule has 4 nitrogen and oxygen atoms in total. The minimum absolute atomic E-state index is 0.170. The van der Waals surface area contributed by atoms with Crippen molar-refractivity contribution >= 4 is 17.4 Å². The largest absolute Gasteiger partial charge is 0.346 e. The molecular weight excluding hydrogens is 234 g/mol. The average Bonchev–Trinajstić information content (AvgIpc) is 2.75. The van der Waals surface area contributed by atoms with Gasteiger partial charge in [0, 0.05) is 6.54 Å². The molecule has 5 heteroatoms. The van der Waals surface area contributed by atoms with Crippen LogP contribution >= 0.6 is 11.5 Å². The van der Waals surface area contributed by atoms with Crippen molar-refractivity contribution < 1.29 is 4.79 Å². The molecule has 0 saturated heterocycles. The fourth-order valence-corrected chi connectivity index (χ4v) is 1.94. The van der Waals surface area contributed by atoms with Crippen LogP contribution in [0.4, 0.5) is 0 Å². The molecule has 1 heterocycles. The van der Waals surface area contributed by atoms with Crippen molar-refractivity contribution in [2.45, 2.75) is 20.4 Å². The van der Waals surface area contributed by atoms with Gasteiger partial charge in [0.15, 0.2) is 0 Å². The van der Waals surface area contributed by atoms with Crippen LogP contribution in [-0.4, -0.2) is 15.3 Å². The maximum atomic E-state index is 11.7. The summed E-state index contributed by atoms with van der Waals surface area (Å²) in [5, 5.41) is 3.23. The van der Waals surface area contributed by atoms with Crippen molar-refractivity contribution in [2.24, 2.45) is 0 Å². The molecule has 2 aromatic rings. The lowest BCUT2D eigenvalue weighted by molar-refractivity contribution is 0.0950. The first-order chi connectivity index (χ1) is 8.15. The lowest BCUT2D eigenvalue weighted by atomic mass is 10.1. The zero-order valence-electron chi connectivity index (χ0n) is 9.73.